The van der Waals surface area contributed by atoms with Gasteiger partial charge in [-0.15, -0.1) is 0 Å². The molecule has 4 rings (SSSR count). The van der Waals surface area contributed by atoms with Crippen LogP contribution >= 0.6 is 0 Å². The van der Waals surface area contributed by atoms with Gasteiger partial charge in [0.1, 0.15) is 5.69 Å². The summed E-state index contributed by atoms with van der Waals surface area (Å²) in [6, 6.07) is 22.8. The maximum absolute atomic E-state index is 4.92. The van der Waals surface area contributed by atoms with Crippen molar-refractivity contribution in [2.75, 3.05) is 38.0 Å². The van der Waals surface area contributed by atoms with Gasteiger partial charge in [-0.25, -0.2) is 4.98 Å². The predicted octanol–water partition coefficient (Wildman–Crippen LogP) is 4.94. The molecule has 29 heavy (non-hydrogen) atoms. The van der Waals surface area contributed by atoms with Crippen molar-refractivity contribution in [1.29, 1.82) is 0 Å². The van der Waals surface area contributed by atoms with Crippen molar-refractivity contribution in [3.63, 3.8) is 0 Å². The molecule has 0 unspecified atom stereocenters. The lowest BCUT2D eigenvalue weighted by Crippen LogP contribution is -2.08. The first-order valence-electron chi connectivity index (χ1n) is 9.60. The van der Waals surface area contributed by atoms with Crippen LogP contribution in [0.3, 0.4) is 0 Å². The van der Waals surface area contributed by atoms with Crippen molar-refractivity contribution in [2.24, 2.45) is 0 Å². The molecule has 0 saturated heterocycles. The SMILES string of the molecule is CN(C)c1ccc(-c2nc(-c3ccccn3)[nH]c2-c2ccc(N(C)C)cc2)cc1. The Hall–Kier alpha value is -3.60. The van der Waals surface area contributed by atoms with Gasteiger partial charge in [-0.05, 0) is 36.4 Å². The molecule has 0 aliphatic carbocycles. The van der Waals surface area contributed by atoms with Gasteiger partial charge in [0, 0.05) is 56.9 Å². The van der Waals surface area contributed by atoms with Crippen LogP contribution < -0.4 is 9.80 Å². The summed E-state index contributed by atoms with van der Waals surface area (Å²) in [5, 5.41) is 0. The third kappa shape index (κ3) is 3.85. The monoisotopic (exact) mass is 383 g/mol. The van der Waals surface area contributed by atoms with Crippen molar-refractivity contribution in [1.82, 2.24) is 15.0 Å². The molecule has 4 aromatic rings. The third-order valence-corrected chi connectivity index (χ3v) is 4.94. The average Bonchev–Trinajstić information content (AvgIpc) is 3.20. The Morgan fingerprint density at radius 2 is 1.28 bits per heavy atom. The van der Waals surface area contributed by atoms with E-state index in [1.54, 1.807) is 6.20 Å². The van der Waals surface area contributed by atoms with Crippen LogP contribution in [-0.2, 0) is 0 Å². The molecule has 0 spiro atoms. The van der Waals surface area contributed by atoms with E-state index < -0.39 is 0 Å². The second-order valence-corrected chi connectivity index (χ2v) is 7.41. The summed E-state index contributed by atoms with van der Waals surface area (Å²) >= 11 is 0. The Morgan fingerprint density at radius 1 is 0.690 bits per heavy atom. The summed E-state index contributed by atoms with van der Waals surface area (Å²) in [5.74, 6) is 0.768. The molecule has 0 saturated carbocycles. The molecule has 0 fully saturated rings. The molecule has 0 radical (unpaired) electrons. The van der Waals surface area contributed by atoms with Crippen molar-refractivity contribution in [3.8, 4) is 34.0 Å². The number of hydrogen-bond donors (Lipinski definition) is 1. The first kappa shape index (κ1) is 18.7. The Morgan fingerprint density at radius 3 is 1.79 bits per heavy atom. The van der Waals surface area contributed by atoms with E-state index in [1.165, 1.54) is 0 Å². The summed E-state index contributed by atoms with van der Waals surface area (Å²) in [5.41, 5.74) is 7.23. The Balaban J connectivity index is 1.83. The van der Waals surface area contributed by atoms with Crippen LogP contribution in [0.15, 0.2) is 72.9 Å². The molecule has 2 aromatic heterocycles. The number of aromatic amines is 1. The van der Waals surface area contributed by atoms with Crippen molar-refractivity contribution < 1.29 is 0 Å². The number of anilines is 2. The summed E-state index contributed by atoms with van der Waals surface area (Å²) in [7, 11) is 8.17. The van der Waals surface area contributed by atoms with Crippen LogP contribution in [0.1, 0.15) is 0 Å². The summed E-state index contributed by atoms with van der Waals surface area (Å²) in [4.78, 5) is 17.1. The zero-order valence-electron chi connectivity index (χ0n) is 17.2. The second-order valence-electron chi connectivity index (χ2n) is 7.41. The smallest absolute Gasteiger partial charge is 0.157 e. The minimum Gasteiger partial charge on any atom is -0.378 e. The van der Waals surface area contributed by atoms with E-state index in [9.17, 15) is 0 Å². The van der Waals surface area contributed by atoms with E-state index in [0.717, 1.165) is 45.4 Å². The Bertz CT molecular complexity index is 1010. The standard InChI is InChI=1S/C24H25N5/c1-28(2)19-12-8-17(9-13-19)22-23(18-10-14-20(15-11-18)29(3)4)27-24(26-22)21-7-5-6-16-25-21/h5-16H,1-4H3,(H,26,27). The number of imidazole rings is 1. The van der Waals surface area contributed by atoms with E-state index in [2.05, 4.69) is 68.3 Å². The Labute approximate surface area is 171 Å². The molecular formula is C24H25N5. The van der Waals surface area contributed by atoms with Gasteiger partial charge in [-0.3, -0.25) is 4.98 Å². The first-order chi connectivity index (χ1) is 14.0. The fraction of sp³-hybridized carbons (Fsp3) is 0.167. The highest BCUT2D eigenvalue weighted by Gasteiger charge is 2.16. The van der Waals surface area contributed by atoms with Gasteiger partial charge in [0.05, 0.1) is 11.4 Å². The largest absolute Gasteiger partial charge is 0.378 e. The highest BCUT2D eigenvalue weighted by molar-refractivity contribution is 5.82. The normalized spacial score (nSPS) is 10.8. The molecule has 0 aliphatic rings. The lowest BCUT2D eigenvalue weighted by atomic mass is 10.0. The van der Waals surface area contributed by atoms with E-state index in [-0.39, 0.29) is 0 Å². The number of hydrogen-bond acceptors (Lipinski definition) is 4. The molecule has 2 heterocycles. The van der Waals surface area contributed by atoms with E-state index in [1.807, 2.05) is 46.4 Å². The molecule has 5 nitrogen and oxygen atoms in total. The molecular weight excluding hydrogens is 358 g/mol. The molecule has 146 valence electrons. The third-order valence-electron chi connectivity index (χ3n) is 4.94. The van der Waals surface area contributed by atoms with Crippen LogP contribution in [0.5, 0.6) is 0 Å². The number of nitrogens with one attached hydrogen (secondary N) is 1. The van der Waals surface area contributed by atoms with Gasteiger partial charge < -0.3 is 14.8 Å². The van der Waals surface area contributed by atoms with Crippen molar-refractivity contribution in [2.45, 2.75) is 0 Å². The molecule has 1 N–H and O–H groups in total. The van der Waals surface area contributed by atoms with Gasteiger partial charge >= 0.3 is 0 Å². The Kier molecular flexibility index (Phi) is 5.04. The van der Waals surface area contributed by atoms with Crippen LogP contribution in [0.2, 0.25) is 0 Å². The molecule has 0 bridgehead atoms. The summed E-state index contributed by atoms with van der Waals surface area (Å²) in [6.45, 7) is 0. The zero-order chi connectivity index (χ0) is 20.4. The minimum absolute atomic E-state index is 0.768. The molecule has 0 amide bonds. The fourth-order valence-corrected chi connectivity index (χ4v) is 3.26. The van der Waals surface area contributed by atoms with Crippen molar-refractivity contribution >= 4 is 11.4 Å². The number of H-pyrrole nitrogens is 1. The fourth-order valence-electron chi connectivity index (χ4n) is 3.26. The summed E-state index contributed by atoms with van der Waals surface area (Å²) in [6.07, 6.45) is 1.79. The number of aromatic nitrogens is 3. The number of pyridine rings is 1. The van der Waals surface area contributed by atoms with Crippen LogP contribution in [-0.4, -0.2) is 43.1 Å². The minimum atomic E-state index is 0.768. The van der Waals surface area contributed by atoms with Crippen LogP contribution in [0, 0.1) is 0 Å². The van der Waals surface area contributed by atoms with Gasteiger partial charge in [-0.1, -0.05) is 30.3 Å². The first-order valence-corrected chi connectivity index (χ1v) is 9.60. The predicted molar refractivity (Wildman–Crippen MR) is 121 cm³/mol. The molecule has 2 aromatic carbocycles. The maximum atomic E-state index is 4.92. The van der Waals surface area contributed by atoms with E-state index >= 15 is 0 Å². The zero-order valence-corrected chi connectivity index (χ0v) is 17.2. The highest BCUT2D eigenvalue weighted by Crippen LogP contribution is 2.34. The number of nitrogens with zero attached hydrogens (tertiary/aromatic N) is 4. The topological polar surface area (TPSA) is 48.1 Å². The van der Waals surface area contributed by atoms with Gasteiger partial charge in [0.15, 0.2) is 5.82 Å². The summed E-state index contributed by atoms with van der Waals surface area (Å²) < 4.78 is 0. The van der Waals surface area contributed by atoms with Gasteiger partial charge in [0.2, 0.25) is 0 Å². The quantitative estimate of drug-likeness (QED) is 0.530. The lowest BCUT2D eigenvalue weighted by molar-refractivity contribution is 1.13. The lowest BCUT2D eigenvalue weighted by Gasteiger charge is -2.13. The number of benzene rings is 2. The van der Waals surface area contributed by atoms with Gasteiger partial charge in [0.25, 0.3) is 0 Å². The average molecular weight is 383 g/mol. The second kappa shape index (κ2) is 7.80. The molecule has 5 heteroatoms. The van der Waals surface area contributed by atoms with Crippen LogP contribution in [0.25, 0.3) is 34.0 Å². The number of rotatable bonds is 5. The van der Waals surface area contributed by atoms with Crippen LogP contribution in [0.4, 0.5) is 11.4 Å². The van der Waals surface area contributed by atoms with Crippen molar-refractivity contribution in [3.05, 3.63) is 72.9 Å². The maximum Gasteiger partial charge on any atom is 0.157 e. The van der Waals surface area contributed by atoms with E-state index in [4.69, 9.17) is 4.98 Å². The highest BCUT2D eigenvalue weighted by atomic mass is 15.1. The molecule has 0 atom stereocenters. The van der Waals surface area contributed by atoms with E-state index in [0.29, 0.717) is 0 Å². The van der Waals surface area contributed by atoms with Gasteiger partial charge in [-0.2, -0.15) is 0 Å². The molecule has 0 aliphatic heterocycles.